The number of rotatable bonds is 1. The van der Waals surface area contributed by atoms with Crippen LogP contribution in [0.15, 0.2) is 24.5 Å². The number of hydrogen-bond donors (Lipinski definition) is 0. The van der Waals surface area contributed by atoms with Crippen LogP contribution in [-0.2, 0) is 5.67 Å². The Morgan fingerprint density at radius 1 is 1.29 bits per heavy atom. The summed E-state index contributed by atoms with van der Waals surface area (Å²) >= 11 is 0. The van der Waals surface area contributed by atoms with E-state index in [1.807, 2.05) is 12.1 Å². The van der Waals surface area contributed by atoms with E-state index in [-0.39, 0.29) is 5.54 Å². The van der Waals surface area contributed by atoms with Crippen LogP contribution in [-0.4, -0.2) is 28.5 Å². The SMILES string of the molecule is CC(C)(C)N1CCC(F)(c2cccnc2)CC1. The summed E-state index contributed by atoms with van der Waals surface area (Å²) in [6.07, 6.45) is 4.48. The monoisotopic (exact) mass is 236 g/mol. The predicted molar refractivity (Wildman–Crippen MR) is 67.6 cm³/mol. The van der Waals surface area contributed by atoms with E-state index in [9.17, 15) is 4.39 Å². The van der Waals surface area contributed by atoms with E-state index in [1.165, 1.54) is 0 Å². The molecule has 1 aliphatic rings. The maximum Gasteiger partial charge on any atom is 0.139 e. The van der Waals surface area contributed by atoms with E-state index in [4.69, 9.17) is 0 Å². The molecule has 0 aromatic carbocycles. The topological polar surface area (TPSA) is 16.1 Å². The Balaban J connectivity index is 2.08. The molecule has 0 amide bonds. The summed E-state index contributed by atoms with van der Waals surface area (Å²) in [5.74, 6) is 0. The fourth-order valence-corrected chi connectivity index (χ4v) is 2.45. The zero-order valence-electron chi connectivity index (χ0n) is 10.9. The Morgan fingerprint density at radius 2 is 1.94 bits per heavy atom. The van der Waals surface area contributed by atoms with Crippen molar-refractivity contribution in [2.24, 2.45) is 0 Å². The van der Waals surface area contributed by atoms with Gasteiger partial charge in [-0.1, -0.05) is 6.07 Å². The van der Waals surface area contributed by atoms with Crippen molar-refractivity contribution in [1.29, 1.82) is 0 Å². The van der Waals surface area contributed by atoms with Gasteiger partial charge in [-0.3, -0.25) is 9.88 Å². The van der Waals surface area contributed by atoms with Crippen molar-refractivity contribution < 1.29 is 4.39 Å². The Bertz CT molecular complexity index is 362. The second kappa shape index (κ2) is 4.37. The molecule has 0 saturated carbocycles. The van der Waals surface area contributed by atoms with Gasteiger partial charge in [0.05, 0.1) is 0 Å². The molecule has 1 aromatic rings. The quantitative estimate of drug-likeness (QED) is 0.744. The Kier molecular flexibility index (Phi) is 3.21. The Hall–Kier alpha value is -0.960. The number of nitrogens with zero attached hydrogens (tertiary/aromatic N) is 2. The van der Waals surface area contributed by atoms with Crippen molar-refractivity contribution >= 4 is 0 Å². The minimum Gasteiger partial charge on any atom is -0.298 e. The van der Waals surface area contributed by atoms with E-state index in [0.29, 0.717) is 12.8 Å². The number of halogens is 1. The van der Waals surface area contributed by atoms with Crippen LogP contribution in [0.1, 0.15) is 39.2 Å². The molecule has 17 heavy (non-hydrogen) atoms. The molecule has 1 aromatic heterocycles. The fourth-order valence-electron chi connectivity index (χ4n) is 2.45. The summed E-state index contributed by atoms with van der Waals surface area (Å²) in [6, 6.07) is 3.66. The maximum absolute atomic E-state index is 14.8. The van der Waals surface area contributed by atoms with Gasteiger partial charge in [0.15, 0.2) is 0 Å². The van der Waals surface area contributed by atoms with Gasteiger partial charge in [-0.25, -0.2) is 4.39 Å². The summed E-state index contributed by atoms with van der Waals surface area (Å²) in [5, 5.41) is 0. The third-order valence-electron chi connectivity index (χ3n) is 3.68. The van der Waals surface area contributed by atoms with Crippen LogP contribution in [0.5, 0.6) is 0 Å². The van der Waals surface area contributed by atoms with Gasteiger partial charge in [-0.05, 0) is 39.7 Å². The zero-order valence-corrected chi connectivity index (χ0v) is 10.9. The van der Waals surface area contributed by atoms with Crippen LogP contribution in [0, 0.1) is 0 Å². The lowest BCUT2D eigenvalue weighted by molar-refractivity contribution is 0.0147. The summed E-state index contributed by atoms with van der Waals surface area (Å²) in [7, 11) is 0. The first kappa shape index (κ1) is 12.5. The minimum absolute atomic E-state index is 0.135. The molecule has 2 heterocycles. The molecule has 2 rings (SSSR count). The van der Waals surface area contributed by atoms with Crippen molar-refractivity contribution in [2.45, 2.75) is 44.8 Å². The fraction of sp³-hybridized carbons (Fsp3) is 0.643. The number of hydrogen-bond acceptors (Lipinski definition) is 2. The second-order valence-corrected chi connectivity index (χ2v) is 5.86. The number of pyridine rings is 1. The minimum atomic E-state index is -1.18. The van der Waals surface area contributed by atoms with Crippen molar-refractivity contribution in [1.82, 2.24) is 9.88 Å². The van der Waals surface area contributed by atoms with Crippen molar-refractivity contribution in [3.8, 4) is 0 Å². The highest BCUT2D eigenvalue weighted by atomic mass is 19.1. The normalized spacial score (nSPS) is 21.4. The van der Waals surface area contributed by atoms with Gasteiger partial charge in [0.2, 0.25) is 0 Å². The average Bonchev–Trinajstić information content (AvgIpc) is 2.29. The number of aromatic nitrogens is 1. The molecule has 0 spiro atoms. The lowest BCUT2D eigenvalue weighted by atomic mass is 9.85. The van der Waals surface area contributed by atoms with E-state index in [1.54, 1.807) is 12.4 Å². The lowest BCUT2D eigenvalue weighted by Gasteiger charge is -2.43. The number of piperidine rings is 1. The van der Waals surface area contributed by atoms with Crippen LogP contribution in [0.25, 0.3) is 0 Å². The van der Waals surface area contributed by atoms with E-state index in [2.05, 4.69) is 30.7 Å². The standard InChI is InChI=1S/C14H21FN2/c1-13(2,3)17-9-6-14(15,7-10-17)12-5-4-8-16-11-12/h4-5,8,11H,6-7,9-10H2,1-3H3. The molecule has 0 radical (unpaired) electrons. The van der Waals surface area contributed by atoms with Gasteiger partial charge in [0.1, 0.15) is 5.67 Å². The molecular formula is C14H21FN2. The highest BCUT2D eigenvalue weighted by molar-refractivity contribution is 5.19. The molecule has 0 bridgehead atoms. The summed E-state index contributed by atoms with van der Waals surface area (Å²) in [6.45, 7) is 8.18. The predicted octanol–water partition coefficient (Wildman–Crippen LogP) is 3.14. The highest BCUT2D eigenvalue weighted by Gasteiger charge is 2.38. The smallest absolute Gasteiger partial charge is 0.139 e. The highest BCUT2D eigenvalue weighted by Crippen LogP contribution is 2.38. The van der Waals surface area contributed by atoms with Gasteiger partial charge < -0.3 is 0 Å². The van der Waals surface area contributed by atoms with Gasteiger partial charge >= 0.3 is 0 Å². The molecule has 0 unspecified atom stereocenters. The molecule has 0 atom stereocenters. The van der Waals surface area contributed by atoms with Crippen LogP contribution in [0.3, 0.4) is 0 Å². The van der Waals surface area contributed by atoms with Gasteiger partial charge in [0, 0.05) is 36.6 Å². The molecule has 1 fully saturated rings. The average molecular weight is 236 g/mol. The molecule has 0 N–H and O–H groups in total. The second-order valence-electron chi connectivity index (χ2n) is 5.86. The van der Waals surface area contributed by atoms with Gasteiger partial charge in [0.25, 0.3) is 0 Å². The lowest BCUT2D eigenvalue weighted by Crippen LogP contribution is -2.49. The third-order valence-corrected chi connectivity index (χ3v) is 3.68. The van der Waals surface area contributed by atoms with Gasteiger partial charge in [-0.15, -0.1) is 0 Å². The summed E-state index contributed by atoms with van der Waals surface area (Å²) in [5.41, 5.74) is -0.319. The summed E-state index contributed by atoms with van der Waals surface area (Å²) in [4.78, 5) is 6.37. The van der Waals surface area contributed by atoms with Gasteiger partial charge in [-0.2, -0.15) is 0 Å². The first-order valence-electron chi connectivity index (χ1n) is 6.26. The first-order chi connectivity index (χ1) is 7.92. The van der Waals surface area contributed by atoms with Crippen LogP contribution in [0.2, 0.25) is 0 Å². The molecule has 3 heteroatoms. The molecule has 0 aliphatic carbocycles. The molecule has 1 saturated heterocycles. The van der Waals surface area contributed by atoms with E-state index >= 15 is 0 Å². The Labute approximate surface area is 103 Å². The zero-order chi connectivity index (χ0) is 12.5. The van der Waals surface area contributed by atoms with Crippen LogP contribution < -0.4 is 0 Å². The van der Waals surface area contributed by atoms with E-state index < -0.39 is 5.67 Å². The number of likely N-dealkylation sites (tertiary alicyclic amines) is 1. The maximum atomic E-state index is 14.8. The summed E-state index contributed by atoms with van der Waals surface area (Å²) < 4.78 is 14.8. The third kappa shape index (κ3) is 2.65. The van der Waals surface area contributed by atoms with Crippen molar-refractivity contribution in [2.75, 3.05) is 13.1 Å². The largest absolute Gasteiger partial charge is 0.298 e. The molecule has 94 valence electrons. The molecule has 2 nitrogen and oxygen atoms in total. The van der Waals surface area contributed by atoms with Crippen molar-refractivity contribution in [3.63, 3.8) is 0 Å². The molecular weight excluding hydrogens is 215 g/mol. The van der Waals surface area contributed by atoms with E-state index in [0.717, 1.165) is 18.7 Å². The van der Waals surface area contributed by atoms with Crippen LogP contribution in [0.4, 0.5) is 4.39 Å². The first-order valence-corrected chi connectivity index (χ1v) is 6.26. The molecule has 1 aliphatic heterocycles. The van der Waals surface area contributed by atoms with Crippen molar-refractivity contribution in [3.05, 3.63) is 30.1 Å². The van der Waals surface area contributed by atoms with Crippen LogP contribution >= 0.6 is 0 Å². The Morgan fingerprint density at radius 3 is 2.41 bits per heavy atom. The number of alkyl halides is 1.